The molecule has 2 aromatic rings. The molecule has 0 unspecified atom stereocenters. The molecule has 0 bridgehead atoms. The van der Waals surface area contributed by atoms with Crippen molar-refractivity contribution in [3.63, 3.8) is 0 Å². The molecule has 0 saturated heterocycles. The van der Waals surface area contributed by atoms with Gasteiger partial charge in [-0.15, -0.1) is 0 Å². The molecule has 0 fully saturated rings. The zero-order chi connectivity index (χ0) is 27.9. The number of para-hydroxylation sites is 2. The van der Waals surface area contributed by atoms with E-state index in [1.165, 1.54) is 0 Å². The van der Waals surface area contributed by atoms with Crippen molar-refractivity contribution in [2.45, 2.75) is 39.8 Å². The highest BCUT2D eigenvalue weighted by Crippen LogP contribution is 2.11. The molecule has 2 N–H and O–H groups in total. The number of rotatable bonds is 12. The van der Waals surface area contributed by atoms with Gasteiger partial charge >= 0.3 is 24.1 Å². The van der Waals surface area contributed by atoms with Crippen LogP contribution in [0.2, 0.25) is 0 Å². The van der Waals surface area contributed by atoms with Gasteiger partial charge in [0.15, 0.2) is 0 Å². The lowest BCUT2D eigenvalue weighted by Crippen LogP contribution is -2.43. The number of carbonyl (C=O) groups is 4. The Morgan fingerprint density at radius 2 is 0.974 bits per heavy atom. The van der Waals surface area contributed by atoms with Gasteiger partial charge in [-0.2, -0.15) is 0 Å². The van der Waals surface area contributed by atoms with E-state index >= 15 is 0 Å². The summed E-state index contributed by atoms with van der Waals surface area (Å²) in [5.74, 6) is -0.919. The van der Waals surface area contributed by atoms with Crippen molar-refractivity contribution in [1.82, 2.24) is 10.6 Å². The lowest BCUT2D eigenvalue weighted by Gasteiger charge is -2.21. The number of hydrogen-bond donors (Lipinski definition) is 2. The Balaban J connectivity index is 1.76. The van der Waals surface area contributed by atoms with E-state index in [0.717, 1.165) is 12.2 Å². The van der Waals surface area contributed by atoms with Crippen LogP contribution in [0.1, 0.15) is 27.7 Å². The maximum Gasteiger partial charge on any atom is 0.412 e. The molecule has 0 saturated carbocycles. The molecule has 0 spiro atoms. The average Bonchev–Trinajstić information content (AvgIpc) is 2.88. The zero-order valence-corrected chi connectivity index (χ0v) is 21.9. The first-order chi connectivity index (χ1) is 18.1. The topological polar surface area (TPSA) is 129 Å². The minimum absolute atomic E-state index is 0.0610. The summed E-state index contributed by atoms with van der Waals surface area (Å²) < 4.78 is 20.7. The molecule has 2 amide bonds. The van der Waals surface area contributed by atoms with E-state index in [0.29, 0.717) is 11.5 Å². The van der Waals surface area contributed by atoms with Gasteiger partial charge in [-0.05, 0) is 36.1 Å². The predicted octanol–water partition coefficient (Wildman–Crippen LogP) is 4.26. The van der Waals surface area contributed by atoms with E-state index in [1.54, 1.807) is 60.7 Å². The highest BCUT2D eigenvalue weighted by Gasteiger charge is 2.21. The number of nitrogens with one attached hydrogen (secondary N) is 2. The van der Waals surface area contributed by atoms with Gasteiger partial charge in [-0.3, -0.25) is 0 Å². The zero-order valence-electron chi connectivity index (χ0n) is 21.9. The fourth-order valence-electron chi connectivity index (χ4n) is 2.93. The SMILES string of the molecule is CC(C)[C@@H](COC(=O)/C=C/C(=O)OC[C@@H](NC(=O)Oc1ccccc1)C(C)C)NC(=O)Oc1ccccc1. The standard InChI is InChI=1S/C28H34N2O8/c1-19(2)23(29-27(33)37-21-11-7-5-8-12-21)17-35-25(31)15-16-26(32)36-18-24(20(3)4)30-28(34)38-22-13-9-6-10-14-22/h5-16,19-20,23-24H,17-18H2,1-4H3,(H,29,33)(H,30,34)/b16-15+/t23-,24-/m1/s1. The first-order valence-electron chi connectivity index (χ1n) is 12.2. The van der Waals surface area contributed by atoms with Crippen molar-refractivity contribution in [1.29, 1.82) is 0 Å². The van der Waals surface area contributed by atoms with Crippen molar-refractivity contribution < 1.29 is 38.1 Å². The fraction of sp³-hybridized carbons (Fsp3) is 0.357. The van der Waals surface area contributed by atoms with Gasteiger partial charge in [0, 0.05) is 12.2 Å². The first kappa shape index (κ1) is 29.9. The van der Waals surface area contributed by atoms with Crippen LogP contribution < -0.4 is 20.1 Å². The Bertz CT molecular complexity index is 985. The molecular weight excluding hydrogens is 492 g/mol. The molecule has 2 rings (SSSR count). The Morgan fingerprint density at radius 1 is 0.632 bits per heavy atom. The maximum atomic E-state index is 12.1. The fourth-order valence-corrected chi connectivity index (χ4v) is 2.93. The molecule has 0 aromatic heterocycles. The molecule has 38 heavy (non-hydrogen) atoms. The van der Waals surface area contributed by atoms with E-state index in [9.17, 15) is 19.2 Å². The summed E-state index contributed by atoms with van der Waals surface area (Å²) in [7, 11) is 0. The monoisotopic (exact) mass is 526 g/mol. The van der Waals surface area contributed by atoms with E-state index in [-0.39, 0.29) is 25.0 Å². The summed E-state index contributed by atoms with van der Waals surface area (Å²) in [6.07, 6.45) is 0.518. The second-order valence-corrected chi connectivity index (χ2v) is 8.99. The number of ether oxygens (including phenoxy) is 4. The molecule has 2 aromatic carbocycles. The molecule has 204 valence electrons. The molecule has 0 radical (unpaired) electrons. The third-order valence-electron chi connectivity index (χ3n) is 5.29. The van der Waals surface area contributed by atoms with Crippen LogP contribution in [0.5, 0.6) is 11.5 Å². The summed E-state index contributed by atoms with van der Waals surface area (Å²) in [5.41, 5.74) is 0. The number of hydrogen-bond acceptors (Lipinski definition) is 8. The molecule has 10 nitrogen and oxygen atoms in total. The van der Waals surface area contributed by atoms with Gasteiger partial charge in [0.05, 0.1) is 12.1 Å². The highest BCUT2D eigenvalue weighted by molar-refractivity contribution is 5.91. The molecule has 0 aliphatic rings. The lowest BCUT2D eigenvalue weighted by atomic mass is 10.1. The average molecular weight is 527 g/mol. The Labute approximate surface area is 222 Å². The van der Waals surface area contributed by atoms with Crippen LogP contribution in [-0.4, -0.2) is 49.4 Å². The Hall–Kier alpha value is -4.34. The number of amides is 2. The number of esters is 2. The van der Waals surface area contributed by atoms with E-state index in [2.05, 4.69) is 10.6 Å². The van der Waals surface area contributed by atoms with Gasteiger partial charge in [0.2, 0.25) is 0 Å². The lowest BCUT2D eigenvalue weighted by molar-refractivity contribution is -0.141. The van der Waals surface area contributed by atoms with Crippen LogP contribution in [0, 0.1) is 11.8 Å². The molecule has 0 heterocycles. The minimum atomic E-state index is -0.782. The summed E-state index contributed by atoms with van der Waals surface area (Å²) in [4.78, 5) is 48.4. The molecule has 2 atom stereocenters. The normalized spacial score (nSPS) is 12.5. The van der Waals surface area contributed by atoms with Gasteiger partial charge in [0.1, 0.15) is 24.7 Å². The van der Waals surface area contributed by atoms with E-state index in [4.69, 9.17) is 18.9 Å². The summed E-state index contributed by atoms with van der Waals surface area (Å²) in [6.45, 7) is 7.16. The van der Waals surface area contributed by atoms with E-state index < -0.39 is 36.2 Å². The molecule has 0 aliphatic carbocycles. The van der Waals surface area contributed by atoms with Crippen LogP contribution in [0.3, 0.4) is 0 Å². The first-order valence-corrected chi connectivity index (χ1v) is 12.2. The van der Waals surface area contributed by atoms with Gasteiger partial charge in [0.25, 0.3) is 0 Å². The molecule has 10 heteroatoms. The number of benzene rings is 2. The van der Waals surface area contributed by atoms with Crippen LogP contribution in [0.15, 0.2) is 72.8 Å². The summed E-state index contributed by atoms with van der Waals surface area (Å²) in [5, 5.41) is 5.32. The molecule has 0 aliphatic heterocycles. The van der Waals surface area contributed by atoms with E-state index in [1.807, 2.05) is 27.7 Å². The second-order valence-electron chi connectivity index (χ2n) is 8.99. The second kappa shape index (κ2) is 15.7. The maximum absolute atomic E-state index is 12.1. The van der Waals surface area contributed by atoms with Crippen molar-refractivity contribution in [3.8, 4) is 11.5 Å². The third kappa shape index (κ3) is 11.6. The van der Waals surface area contributed by atoms with Crippen molar-refractivity contribution in [2.75, 3.05) is 13.2 Å². The third-order valence-corrected chi connectivity index (χ3v) is 5.29. The van der Waals surface area contributed by atoms with Crippen molar-refractivity contribution in [3.05, 3.63) is 72.8 Å². The molecular formula is C28H34N2O8. The van der Waals surface area contributed by atoms with Gasteiger partial charge in [-0.1, -0.05) is 64.1 Å². The predicted molar refractivity (Wildman–Crippen MR) is 140 cm³/mol. The van der Waals surface area contributed by atoms with Crippen molar-refractivity contribution in [2.24, 2.45) is 11.8 Å². The number of carbonyl (C=O) groups excluding carboxylic acids is 4. The smallest absolute Gasteiger partial charge is 0.412 e. The highest BCUT2D eigenvalue weighted by atomic mass is 16.6. The Kier molecular flexibility index (Phi) is 12.4. The van der Waals surface area contributed by atoms with Gasteiger partial charge < -0.3 is 29.6 Å². The quantitative estimate of drug-likeness (QED) is 0.310. The summed E-state index contributed by atoms with van der Waals surface area (Å²) in [6, 6.07) is 16.1. The largest absolute Gasteiger partial charge is 0.460 e. The Morgan fingerprint density at radius 3 is 1.29 bits per heavy atom. The summed E-state index contributed by atoms with van der Waals surface area (Å²) >= 11 is 0. The van der Waals surface area contributed by atoms with Crippen LogP contribution >= 0.6 is 0 Å². The van der Waals surface area contributed by atoms with Crippen LogP contribution in [0.4, 0.5) is 9.59 Å². The van der Waals surface area contributed by atoms with Crippen molar-refractivity contribution >= 4 is 24.1 Å². The van der Waals surface area contributed by atoms with Crippen LogP contribution in [-0.2, 0) is 19.1 Å². The minimum Gasteiger partial charge on any atom is -0.460 e. The van der Waals surface area contributed by atoms with Gasteiger partial charge in [-0.25, -0.2) is 19.2 Å². The van der Waals surface area contributed by atoms with Crippen LogP contribution in [0.25, 0.3) is 0 Å².